The second-order valence-corrected chi connectivity index (χ2v) is 4.30. The van der Waals surface area contributed by atoms with Gasteiger partial charge in [-0.1, -0.05) is 35.9 Å². The van der Waals surface area contributed by atoms with Crippen molar-refractivity contribution in [1.29, 1.82) is 0 Å². The Kier molecular flexibility index (Phi) is 4.00. The summed E-state index contributed by atoms with van der Waals surface area (Å²) >= 11 is 5.69. The second-order valence-electron chi connectivity index (χ2n) is 4.03. The van der Waals surface area contributed by atoms with Crippen LogP contribution in [0.25, 0.3) is 0 Å². The molecule has 3 heteroatoms. The molecule has 0 fully saturated rings. The van der Waals surface area contributed by atoms with Crippen molar-refractivity contribution in [2.75, 3.05) is 10.8 Å². The molecule has 2 nitrogen and oxygen atoms in total. The summed E-state index contributed by atoms with van der Waals surface area (Å²) in [4.78, 5) is 13.6. The van der Waals surface area contributed by atoms with E-state index in [1.807, 2.05) is 61.5 Å². The minimum Gasteiger partial charge on any atom is -0.280 e. The van der Waals surface area contributed by atoms with Crippen molar-refractivity contribution in [3.63, 3.8) is 0 Å². The zero-order valence-corrected chi connectivity index (χ0v) is 10.9. The first-order chi connectivity index (χ1) is 8.72. The van der Waals surface area contributed by atoms with E-state index >= 15 is 0 Å². The lowest BCUT2D eigenvalue weighted by atomic mass is 10.2. The van der Waals surface area contributed by atoms with Crippen molar-refractivity contribution in [2.45, 2.75) is 6.92 Å². The summed E-state index contributed by atoms with van der Waals surface area (Å²) in [7, 11) is 0. The predicted octanol–water partition coefficient (Wildman–Crippen LogP) is 3.90. The first-order valence-electron chi connectivity index (χ1n) is 5.73. The Morgan fingerprint density at radius 2 is 1.56 bits per heavy atom. The van der Waals surface area contributed by atoms with E-state index in [0.29, 0.717) is 0 Å². The molecule has 0 atom stereocenters. The van der Waals surface area contributed by atoms with E-state index in [2.05, 4.69) is 0 Å². The molecule has 0 aromatic heterocycles. The number of carbonyl (C=O) groups is 1. The fourth-order valence-electron chi connectivity index (χ4n) is 1.77. The molecular weight excluding hydrogens is 246 g/mol. The molecule has 0 saturated heterocycles. The van der Waals surface area contributed by atoms with Crippen LogP contribution in [0.15, 0.2) is 54.6 Å². The highest BCUT2D eigenvalue weighted by atomic mass is 35.5. The molecule has 0 saturated carbocycles. The van der Waals surface area contributed by atoms with Crippen LogP contribution in [0, 0.1) is 6.92 Å². The predicted molar refractivity (Wildman–Crippen MR) is 75.5 cm³/mol. The van der Waals surface area contributed by atoms with Gasteiger partial charge in [0.1, 0.15) is 5.88 Å². The molecule has 0 aliphatic carbocycles. The van der Waals surface area contributed by atoms with E-state index in [1.54, 1.807) is 4.90 Å². The topological polar surface area (TPSA) is 20.3 Å². The van der Waals surface area contributed by atoms with Crippen LogP contribution in [-0.4, -0.2) is 11.8 Å². The third-order valence-electron chi connectivity index (χ3n) is 2.67. The minimum absolute atomic E-state index is 0.0389. The first kappa shape index (κ1) is 12.7. The number of benzene rings is 2. The van der Waals surface area contributed by atoms with Crippen molar-refractivity contribution in [1.82, 2.24) is 0 Å². The van der Waals surface area contributed by atoms with Crippen molar-refractivity contribution in [3.05, 3.63) is 60.2 Å². The summed E-state index contributed by atoms with van der Waals surface area (Å²) in [5, 5.41) is 0. The van der Waals surface area contributed by atoms with Gasteiger partial charge in [-0.05, 0) is 31.2 Å². The van der Waals surface area contributed by atoms with E-state index in [0.717, 1.165) is 16.9 Å². The lowest BCUT2D eigenvalue weighted by Crippen LogP contribution is -2.26. The molecule has 0 aliphatic heterocycles. The molecule has 1 amide bonds. The van der Waals surface area contributed by atoms with E-state index in [-0.39, 0.29) is 11.8 Å². The number of alkyl halides is 1. The molecule has 18 heavy (non-hydrogen) atoms. The maximum Gasteiger partial charge on any atom is 0.246 e. The third-order valence-corrected chi connectivity index (χ3v) is 2.90. The zero-order valence-electron chi connectivity index (χ0n) is 10.1. The highest BCUT2D eigenvalue weighted by Crippen LogP contribution is 2.25. The fraction of sp³-hybridized carbons (Fsp3) is 0.133. The number of nitrogens with zero attached hydrogens (tertiary/aromatic N) is 1. The average Bonchev–Trinajstić information content (AvgIpc) is 2.42. The standard InChI is InChI=1S/C15H14ClNO/c1-12-7-9-14(10-8-12)17(15(18)11-16)13-5-3-2-4-6-13/h2-10H,11H2,1H3. The van der Waals surface area contributed by atoms with Crippen LogP contribution in [0.2, 0.25) is 0 Å². The number of hydrogen-bond donors (Lipinski definition) is 0. The molecule has 2 aromatic rings. The number of rotatable bonds is 3. The Bertz CT molecular complexity index is 522. The number of halogens is 1. The first-order valence-corrected chi connectivity index (χ1v) is 6.26. The maximum atomic E-state index is 12.0. The van der Waals surface area contributed by atoms with E-state index in [1.165, 1.54) is 0 Å². The summed E-state index contributed by atoms with van der Waals surface area (Å²) in [6.45, 7) is 2.01. The monoisotopic (exact) mass is 259 g/mol. The molecule has 0 bridgehead atoms. The van der Waals surface area contributed by atoms with E-state index in [4.69, 9.17) is 11.6 Å². The molecule has 0 spiro atoms. The summed E-state index contributed by atoms with van der Waals surface area (Å²) in [5.74, 6) is -0.172. The number of amides is 1. The van der Waals surface area contributed by atoms with Crippen LogP contribution in [0.3, 0.4) is 0 Å². The number of para-hydroxylation sites is 1. The Hall–Kier alpha value is -1.80. The van der Waals surface area contributed by atoms with Gasteiger partial charge in [0.05, 0.1) is 0 Å². The summed E-state index contributed by atoms with van der Waals surface area (Å²) in [6, 6.07) is 17.3. The molecule has 0 unspecified atom stereocenters. The van der Waals surface area contributed by atoms with Gasteiger partial charge < -0.3 is 0 Å². The average molecular weight is 260 g/mol. The van der Waals surface area contributed by atoms with Crippen molar-refractivity contribution in [2.24, 2.45) is 0 Å². The van der Waals surface area contributed by atoms with E-state index < -0.39 is 0 Å². The van der Waals surface area contributed by atoms with Crippen molar-refractivity contribution < 1.29 is 4.79 Å². The Morgan fingerprint density at radius 3 is 2.11 bits per heavy atom. The van der Waals surface area contributed by atoms with Crippen LogP contribution in [0.1, 0.15) is 5.56 Å². The van der Waals surface area contributed by atoms with Gasteiger partial charge in [-0.3, -0.25) is 9.69 Å². The summed E-state index contributed by atoms with van der Waals surface area (Å²) in [5.41, 5.74) is 2.81. The Balaban J connectivity index is 2.43. The number of aryl methyl sites for hydroxylation is 1. The van der Waals surface area contributed by atoms with Gasteiger partial charge >= 0.3 is 0 Å². The van der Waals surface area contributed by atoms with Gasteiger partial charge in [0.25, 0.3) is 0 Å². The van der Waals surface area contributed by atoms with Crippen LogP contribution >= 0.6 is 11.6 Å². The molecule has 0 radical (unpaired) electrons. The van der Waals surface area contributed by atoms with Gasteiger partial charge in [-0.15, -0.1) is 11.6 Å². The molecule has 2 aromatic carbocycles. The molecule has 92 valence electrons. The van der Waals surface area contributed by atoms with Crippen LogP contribution in [0.4, 0.5) is 11.4 Å². The molecule has 2 rings (SSSR count). The van der Waals surface area contributed by atoms with Crippen LogP contribution in [0.5, 0.6) is 0 Å². The smallest absolute Gasteiger partial charge is 0.246 e. The lowest BCUT2D eigenvalue weighted by molar-refractivity contribution is -0.115. The zero-order chi connectivity index (χ0) is 13.0. The minimum atomic E-state index is -0.133. The Morgan fingerprint density at radius 1 is 1.00 bits per heavy atom. The van der Waals surface area contributed by atoms with Gasteiger partial charge in [-0.25, -0.2) is 0 Å². The number of anilines is 2. The van der Waals surface area contributed by atoms with Crippen LogP contribution < -0.4 is 4.90 Å². The van der Waals surface area contributed by atoms with Gasteiger partial charge in [0.15, 0.2) is 0 Å². The van der Waals surface area contributed by atoms with Gasteiger partial charge in [0, 0.05) is 11.4 Å². The fourth-order valence-corrected chi connectivity index (χ4v) is 1.89. The second kappa shape index (κ2) is 5.69. The highest BCUT2D eigenvalue weighted by Gasteiger charge is 2.16. The van der Waals surface area contributed by atoms with E-state index in [9.17, 15) is 4.79 Å². The quantitative estimate of drug-likeness (QED) is 0.766. The lowest BCUT2D eigenvalue weighted by Gasteiger charge is -2.22. The molecule has 0 aliphatic rings. The molecule has 0 N–H and O–H groups in total. The maximum absolute atomic E-state index is 12.0. The summed E-state index contributed by atoms with van der Waals surface area (Å²) in [6.07, 6.45) is 0. The molecular formula is C15H14ClNO. The number of hydrogen-bond acceptors (Lipinski definition) is 1. The van der Waals surface area contributed by atoms with Gasteiger partial charge in [0.2, 0.25) is 5.91 Å². The Labute approximate surface area is 112 Å². The van der Waals surface area contributed by atoms with Crippen molar-refractivity contribution >= 4 is 28.9 Å². The number of carbonyl (C=O) groups excluding carboxylic acids is 1. The SMILES string of the molecule is Cc1ccc(N(C(=O)CCl)c2ccccc2)cc1. The van der Waals surface area contributed by atoms with Crippen LogP contribution in [-0.2, 0) is 4.79 Å². The molecule has 0 heterocycles. The highest BCUT2D eigenvalue weighted by molar-refractivity contribution is 6.30. The largest absolute Gasteiger partial charge is 0.280 e. The normalized spacial score (nSPS) is 10.1. The van der Waals surface area contributed by atoms with Gasteiger partial charge in [-0.2, -0.15) is 0 Å². The third kappa shape index (κ3) is 2.71. The summed E-state index contributed by atoms with van der Waals surface area (Å²) < 4.78 is 0. The van der Waals surface area contributed by atoms with Crippen molar-refractivity contribution in [3.8, 4) is 0 Å².